The summed E-state index contributed by atoms with van der Waals surface area (Å²) in [6.07, 6.45) is 0.790. The molecule has 3 nitrogen and oxygen atoms in total. The third-order valence-electron chi connectivity index (χ3n) is 4.17. The molecule has 122 valence electrons. The van der Waals surface area contributed by atoms with E-state index in [4.69, 9.17) is 4.74 Å². The molecule has 3 rings (SSSR count). The van der Waals surface area contributed by atoms with Gasteiger partial charge in [0.1, 0.15) is 5.75 Å². The number of methoxy groups -OCH3 is 1. The van der Waals surface area contributed by atoms with Crippen LogP contribution in [-0.2, 0) is 11.2 Å². The van der Waals surface area contributed by atoms with E-state index < -0.39 is 0 Å². The van der Waals surface area contributed by atoms with E-state index in [1.54, 1.807) is 14.0 Å². The van der Waals surface area contributed by atoms with Crippen molar-refractivity contribution < 1.29 is 9.53 Å². The Bertz CT molecular complexity index is 856. The van der Waals surface area contributed by atoms with Crippen LogP contribution in [-0.4, -0.2) is 19.6 Å². The molecule has 0 aliphatic carbocycles. The number of fused-ring (bicyclic) bond motifs is 1. The minimum atomic E-state index is -0.00204. The van der Waals surface area contributed by atoms with Crippen LogP contribution >= 0.6 is 0 Å². The maximum atomic E-state index is 11.1. The van der Waals surface area contributed by atoms with Gasteiger partial charge in [-0.05, 0) is 46.0 Å². The van der Waals surface area contributed by atoms with Gasteiger partial charge in [0.2, 0.25) is 5.91 Å². The van der Waals surface area contributed by atoms with Crippen molar-refractivity contribution in [3.8, 4) is 16.9 Å². The number of benzene rings is 3. The van der Waals surface area contributed by atoms with Crippen molar-refractivity contribution >= 4 is 16.7 Å². The molecule has 24 heavy (non-hydrogen) atoms. The predicted molar refractivity (Wildman–Crippen MR) is 98.3 cm³/mol. The second-order valence-corrected chi connectivity index (χ2v) is 5.78. The van der Waals surface area contributed by atoms with Crippen LogP contribution in [0.1, 0.15) is 12.5 Å². The average molecular weight is 319 g/mol. The first kappa shape index (κ1) is 16.1. The lowest BCUT2D eigenvalue weighted by molar-refractivity contribution is -0.118. The van der Waals surface area contributed by atoms with Gasteiger partial charge in [-0.3, -0.25) is 4.79 Å². The van der Waals surface area contributed by atoms with Crippen LogP contribution < -0.4 is 10.1 Å². The molecule has 0 saturated carbocycles. The van der Waals surface area contributed by atoms with Gasteiger partial charge in [0.25, 0.3) is 0 Å². The maximum absolute atomic E-state index is 11.1. The summed E-state index contributed by atoms with van der Waals surface area (Å²) in [4.78, 5) is 11.1. The fourth-order valence-corrected chi connectivity index (χ4v) is 2.97. The minimum Gasteiger partial charge on any atom is -0.497 e. The van der Waals surface area contributed by atoms with Gasteiger partial charge in [-0.1, -0.05) is 48.5 Å². The molecule has 0 unspecified atom stereocenters. The normalized spacial score (nSPS) is 10.6. The standard InChI is InChI=1S/C21H21NO2/c1-15(23)22-13-12-17-8-10-19(16-6-4-3-5-7-16)20-11-9-18(24-2)14-21(17)20/h3-11,14H,12-13H2,1-2H3,(H,22,23). The van der Waals surface area contributed by atoms with Gasteiger partial charge in [-0.2, -0.15) is 0 Å². The highest BCUT2D eigenvalue weighted by Gasteiger charge is 2.09. The Morgan fingerprint density at radius 1 is 1.00 bits per heavy atom. The number of nitrogens with one attached hydrogen (secondary N) is 1. The van der Waals surface area contributed by atoms with Gasteiger partial charge < -0.3 is 10.1 Å². The van der Waals surface area contributed by atoms with Crippen molar-refractivity contribution in [2.24, 2.45) is 0 Å². The van der Waals surface area contributed by atoms with Crippen LogP contribution in [0.25, 0.3) is 21.9 Å². The molecular formula is C21H21NO2. The summed E-state index contributed by atoms with van der Waals surface area (Å²) in [5, 5.41) is 5.23. The van der Waals surface area contributed by atoms with Crippen molar-refractivity contribution in [1.29, 1.82) is 0 Å². The van der Waals surface area contributed by atoms with Gasteiger partial charge in [0.05, 0.1) is 7.11 Å². The second kappa shape index (κ2) is 7.18. The zero-order valence-corrected chi connectivity index (χ0v) is 14.0. The number of amides is 1. The number of hydrogen-bond donors (Lipinski definition) is 1. The fourth-order valence-electron chi connectivity index (χ4n) is 2.97. The summed E-state index contributed by atoms with van der Waals surface area (Å²) in [5.41, 5.74) is 3.61. The number of rotatable bonds is 5. The molecule has 0 aromatic heterocycles. The summed E-state index contributed by atoms with van der Waals surface area (Å²) in [6, 6.07) is 20.8. The molecule has 0 fully saturated rings. The quantitative estimate of drug-likeness (QED) is 0.765. The smallest absolute Gasteiger partial charge is 0.216 e. The van der Waals surface area contributed by atoms with Crippen molar-refractivity contribution in [1.82, 2.24) is 5.32 Å². The molecule has 3 heteroatoms. The predicted octanol–water partition coefficient (Wildman–Crippen LogP) is 4.19. The van der Waals surface area contributed by atoms with Crippen LogP contribution in [0.15, 0.2) is 60.7 Å². The monoisotopic (exact) mass is 319 g/mol. The minimum absolute atomic E-state index is 0.00204. The Morgan fingerprint density at radius 2 is 1.79 bits per heavy atom. The van der Waals surface area contributed by atoms with Gasteiger partial charge in [0, 0.05) is 13.5 Å². The van der Waals surface area contributed by atoms with E-state index in [2.05, 4.69) is 53.8 Å². The Labute approximate surface area is 142 Å². The lowest BCUT2D eigenvalue weighted by atomic mass is 9.93. The van der Waals surface area contributed by atoms with Gasteiger partial charge in [0.15, 0.2) is 0 Å². The van der Waals surface area contributed by atoms with E-state index in [0.29, 0.717) is 6.54 Å². The zero-order valence-electron chi connectivity index (χ0n) is 14.0. The highest BCUT2D eigenvalue weighted by atomic mass is 16.5. The van der Waals surface area contributed by atoms with E-state index in [1.165, 1.54) is 27.5 Å². The van der Waals surface area contributed by atoms with Crippen molar-refractivity contribution in [3.05, 3.63) is 66.2 Å². The molecule has 0 saturated heterocycles. The van der Waals surface area contributed by atoms with Crippen LogP contribution in [0.5, 0.6) is 5.75 Å². The summed E-state index contributed by atoms with van der Waals surface area (Å²) in [5.74, 6) is 0.839. The number of carbonyl (C=O) groups excluding carboxylic acids is 1. The maximum Gasteiger partial charge on any atom is 0.216 e. The second-order valence-electron chi connectivity index (χ2n) is 5.78. The zero-order chi connectivity index (χ0) is 16.9. The van der Waals surface area contributed by atoms with Gasteiger partial charge in [-0.25, -0.2) is 0 Å². The van der Waals surface area contributed by atoms with E-state index >= 15 is 0 Å². The lowest BCUT2D eigenvalue weighted by Crippen LogP contribution is -2.22. The van der Waals surface area contributed by atoms with Crippen molar-refractivity contribution in [2.45, 2.75) is 13.3 Å². The lowest BCUT2D eigenvalue weighted by Gasteiger charge is -2.13. The molecule has 0 aliphatic heterocycles. The molecular weight excluding hydrogens is 298 g/mol. The summed E-state index contributed by atoms with van der Waals surface area (Å²) >= 11 is 0. The third kappa shape index (κ3) is 3.40. The topological polar surface area (TPSA) is 38.3 Å². The molecule has 3 aromatic rings. The van der Waals surface area contributed by atoms with Gasteiger partial charge >= 0.3 is 0 Å². The van der Waals surface area contributed by atoms with E-state index in [1.807, 2.05) is 12.1 Å². The van der Waals surface area contributed by atoms with E-state index in [0.717, 1.165) is 12.2 Å². The highest BCUT2D eigenvalue weighted by molar-refractivity contribution is 5.99. The fraction of sp³-hybridized carbons (Fsp3) is 0.190. The Hall–Kier alpha value is -2.81. The summed E-state index contributed by atoms with van der Waals surface area (Å²) in [7, 11) is 1.68. The molecule has 0 radical (unpaired) electrons. The molecule has 0 atom stereocenters. The third-order valence-corrected chi connectivity index (χ3v) is 4.17. The van der Waals surface area contributed by atoms with Crippen molar-refractivity contribution in [2.75, 3.05) is 13.7 Å². The molecule has 0 bridgehead atoms. The molecule has 0 spiro atoms. The van der Waals surface area contributed by atoms with E-state index in [-0.39, 0.29) is 5.91 Å². The van der Waals surface area contributed by atoms with E-state index in [9.17, 15) is 4.79 Å². The number of carbonyl (C=O) groups is 1. The van der Waals surface area contributed by atoms with Crippen LogP contribution in [0.3, 0.4) is 0 Å². The molecule has 0 heterocycles. The summed E-state index contributed by atoms with van der Waals surface area (Å²) in [6.45, 7) is 2.17. The Balaban J connectivity index is 2.08. The van der Waals surface area contributed by atoms with Gasteiger partial charge in [-0.15, -0.1) is 0 Å². The summed E-state index contributed by atoms with van der Waals surface area (Å²) < 4.78 is 5.40. The van der Waals surface area contributed by atoms with Crippen LogP contribution in [0, 0.1) is 0 Å². The first-order valence-electron chi connectivity index (χ1n) is 8.08. The first-order valence-corrected chi connectivity index (χ1v) is 8.08. The van der Waals surface area contributed by atoms with Crippen molar-refractivity contribution in [3.63, 3.8) is 0 Å². The number of ether oxygens (including phenoxy) is 1. The SMILES string of the molecule is COc1ccc2c(-c3ccccc3)ccc(CCNC(C)=O)c2c1. The largest absolute Gasteiger partial charge is 0.497 e. The Morgan fingerprint density at radius 3 is 2.50 bits per heavy atom. The molecule has 1 amide bonds. The average Bonchev–Trinajstić information content (AvgIpc) is 2.61. The van der Waals surface area contributed by atoms with Crippen LogP contribution in [0.2, 0.25) is 0 Å². The first-order chi connectivity index (χ1) is 11.7. The molecule has 1 N–H and O–H groups in total. The highest BCUT2D eigenvalue weighted by Crippen LogP contribution is 2.33. The van der Waals surface area contributed by atoms with Crippen LogP contribution in [0.4, 0.5) is 0 Å². The number of hydrogen-bond acceptors (Lipinski definition) is 2. The molecule has 3 aromatic carbocycles. The molecule has 0 aliphatic rings. The Kier molecular flexibility index (Phi) is 4.80.